The van der Waals surface area contributed by atoms with E-state index in [4.69, 9.17) is 3.67 Å². The number of aliphatic carboxylic acids is 2. The average Bonchev–Trinajstić information content (AvgIpc) is 2.08. The predicted molar refractivity (Wildman–Crippen MR) is 40.4 cm³/mol. The summed E-state index contributed by atoms with van der Waals surface area (Å²) in [6.45, 7) is 6.31. The fourth-order valence-corrected chi connectivity index (χ4v) is 0. The molecule has 6 heteroatoms. The Kier molecular flexibility index (Phi) is 16.7. The van der Waals surface area contributed by atoms with Gasteiger partial charge < -0.3 is 19.8 Å². The van der Waals surface area contributed by atoms with E-state index in [2.05, 4.69) is 0 Å². The van der Waals surface area contributed by atoms with Crippen LogP contribution in [0.1, 0.15) is 27.7 Å². The van der Waals surface area contributed by atoms with Crippen molar-refractivity contribution in [1.82, 2.24) is 0 Å². The maximum absolute atomic E-state index is 9.59. The third-order valence-corrected chi connectivity index (χ3v) is 0.943. The zero-order chi connectivity index (χ0) is 12.3. The molecule has 0 atom stereocenters. The summed E-state index contributed by atoms with van der Waals surface area (Å²) < 4.78 is 8.19. The summed E-state index contributed by atoms with van der Waals surface area (Å²) in [5.41, 5.74) is 0. The predicted octanol–water partition coefficient (Wildman–Crippen LogP) is -1.34. The van der Waals surface area contributed by atoms with Crippen molar-refractivity contribution >= 4 is 11.9 Å². The van der Waals surface area contributed by atoms with Gasteiger partial charge in [-0.3, -0.25) is 0 Å². The van der Waals surface area contributed by atoms with Crippen LogP contribution < -0.4 is 10.2 Å². The van der Waals surface area contributed by atoms with E-state index in [9.17, 15) is 19.8 Å². The molecule has 0 aliphatic carbocycles. The third kappa shape index (κ3) is 22.5. The fraction of sp³-hybridized carbons (Fsp3) is 0.750. The third-order valence-electron chi connectivity index (χ3n) is 0.943. The molecule has 0 N–H and O–H groups in total. The topological polar surface area (TPSA) is 97.3 Å². The molecule has 0 spiro atoms. The molecule has 0 saturated heterocycles. The number of hydrogen-bond acceptors (Lipinski definition) is 5. The number of rotatable bonds is 2. The van der Waals surface area contributed by atoms with Crippen LogP contribution in [0.5, 0.6) is 0 Å². The molecule has 0 rings (SSSR count). The van der Waals surface area contributed by atoms with Gasteiger partial charge in [-0.05, 0) is 11.8 Å². The molecule has 0 aromatic carbocycles. The van der Waals surface area contributed by atoms with Crippen molar-refractivity contribution in [3.63, 3.8) is 0 Å². The minimum absolute atomic E-state index is 0.343. The Morgan fingerprint density at radius 3 is 0.929 bits per heavy atom. The molecule has 0 aliphatic heterocycles. The molecule has 0 aromatic heterocycles. The fourth-order valence-electron chi connectivity index (χ4n) is 0. The Bertz CT molecular complexity index is 149. The van der Waals surface area contributed by atoms with Gasteiger partial charge in [0.1, 0.15) is 0 Å². The molecule has 0 bridgehead atoms. The molecular formula is C8H14O5V. The Balaban J connectivity index is -0.000000147. The van der Waals surface area contributed by atoms with Gasteiger partial charge in [-0.1, -0.05) is 27.7 Å². The van der Waals surface area contributed by atoms with Gasteiger partial charge in [0.25, 0.3) is 0 Å². The van der Waals surface area contributed by atoms with Crippen molar-refractivity contribution in [3.8, 4) is 0 Å². The van der Waals surface area contributed by atoms with Crippen LogP contribution in [-0.2, 0) is 30.6 Å². The van der Waals surface area contributed by atoms with Crippen molar-refractivity contribution in [2.45, 2.75) is 27.7 Å². The van der Waals surface area contributed by atoms with Crippen molar-refractivity contribution in [3.05, 3.63) is 0 Å². The van der Waals surface area contributed by atoms with Crippen LogP contribution in [0.4, 0.5) is 0 Å². The van der Waals surface area contributed by atoms with Gasteiger partial charge in [-0.15, -0.1) is 0 Å². The van der Waals surface area contributed by atoms with E-state index in [-0.39, 0.29) is 11.8 Å². The number of hydrogen-bond donors (Lipinski definition) is 0. The van der Waals surface area contributed by atoms with Gasteiger partial charge in [0.05, 0.1) is 0 Å². The van der Waals surface area contributed by atoms with Crippen molar-refractivity contribution in [2.75, 3.05) is 0 Å². The van der Waals surface area contributed by atoms with Crippen molar-refractivity contribution in [2.24, 2.45) is 11.8 Å². The Morgan fingerprint density at radius 2 is 0.929 bits per heavy atom. The molecule has 0 unspecified atom stereocenters. The van der Waals surface area contributed by atoms with Crippen LogP contribution in [0.2, 0.25) is 0 Å². The van der Waals surface area contributed by atoms with Crippen molar-refractivity contribution < 1.29 is 40.8 Å². The van der Waals surface area contributed by atoms with Gasteiger partial charge in [0, 0.05) is 11.9 Å². The first-order chi connectivity index (χ1) is 6.29. The van der Waals surface area contributed by atoms with Gasteiger partial charge >= 0.3 is 21.0 Å². The number of carbonyl (C=O) groups is 2. The second-order valence-electron chi connectivity index (χ2n) is 2.95. The molecule has 0 heterocycles. The standard InChI is InChI=1S/2C4H8O2.O.V/c2*1-3(2)4(5)6;;/h2*3H,1-2H3,(H,5,6);;/q;;;+2/p-2. The summed E-state index contributed by atoms with van der Waals surface area (Å²) in [6, 6.07) is 0. The molecule has 81 valence electrons. The summed E-state index contributed by atoms with van der Waals surface area (Å²) in [5.74, 6) is -2.67. The Hall–Kier alpha value is -0.676. The summed E-state index contributed by atoms with van der Waals surface area (Å²) in [5, 5.41) is 19.2. The van der Waals surface area contributed by atoms with E-state index >= 15 is 0 Å². The average molecular weight is 241 g/mol. The van der Waals surface area contributed by atoms with E-state index in [0.717, 1.165) is 17.4 Å². The van der Waals surface area contributed by atoms with Gasteiger partial charge in [0.15, 0.2) is 0 Å². The Labute approximate surface area is 92.7 Å². The van der Waals surface area contributed by atoms with E-state index in [0.29, 0.717) is 0 Å². The van der Waals surface area contributed by atoms with E-state index in [1.54, 1.807) is 27.7 Å². The number of carboxylic acids is 2. The van der Waals surface area contributed by atoms with Crippen LogP contribution in [0, 0.1) is 11.8 Å². The van der Waals surface area contributed by atoms with Crippen LogP contribution in [0.3, 0.4) is 0 Å². The van der Waals surface area contributed by atoms with Crippen LogP contribution in [-0.4, -0.2) is 11.9 Å². The molecule has 0 saturated carbocycles. The molecule has 0 radical (unpaired) electrons. The van der Waals surface area contributed by atoms with Crippen LogP contribution in [0.25, 0.3) is 0 Å². The zero-order valence-corrected chi connectivity index (χ0v) is 10.0. The summed E-state index contributed by atoms with van der Waals surface area (Å²) in [4.78, 5) is 19.2. The van der Waals surface area contributed by atoms with Crippen LogP contribution >= 0.6 is 0 Å². The van der Waals surface area contributed by atoms with Crippen molar-refractivity contribution in [1.29, 1.82) is 0 Å². The van der Waals surface area contributed by atoms with Gasteiger partial charge in [-0.25, -0.2) is 0 Å². The van der Waals surface area contributed by atoms with E-state index < -0.39 is 11.9 Å². The van der Waals surface area contributed by atoms with Gasteiger partial charge in [-0.2, -0.15) is 0 Å². The first-order valence-corrected chi connectivity index (χ1v) is 4.46. The summed E-state index contributed by atoms with van der Waals surface area (Å²) in [7, 11) is 0. The Morgan fingerprint density at radius 1 is 0.857 bits per heavy atom. The molecular weight excluding hydrogens is 227 g/mol. The van der Waals surface area contributed by atoms with E-state index in [1.165, 1.54) is 0 Å². The molecule has 0 aliphatic rings. The number of carbonyl (C=O) groups excluding carboxylic acids is 2. The monoisotopic (exact) mass is 241 g/mol. The minimum atomic E-state index is -0.991. The maximum atomic E-state index is 9.59. The summed E-state index contributed by atoms with van der Waals surface area (Å²) >= 11 is 1.06. The van der Waals surface area contributed by atoms with Crippen LogP contribution in [0.15, 0.2) is 0 Å². The molecule has 0 fully saturated rings. The normalized spacial score (nSPS) is 8.29. The molecule has 14 heavy (non-hydrogen) atoms. The molecule has 5 nitrogen and oxygen atoms in total. The SMILES string of the molecule is CC(C)C(=O)[O-].CC(C)C(=O)[O-].[O]=[V+2]. The second-order valence-corrected chi connectivity index (χ2v) is 2.95. The molecule has 0 amide bonds. The number of carboxylic acid groups (broad SMARTS) is 2. The first-order valence-electron chi connectivity index (χ1n) is 3.89. The quantitative estimate of drug-likeness (QED) is 0.596. The first kappa shape index (κ1) is 19.0. The molecule has 0 aromatic rings. The zero-order valence-electron chi connectivity index (χ0n) is 8.64. The summed E-state index contributed by atoms with van der Waals surface area (Å²) in [6.07, 6.45) is 0. The van der Waals surface area contributed by atoms with E-state index in [1.807, 2.05) is 0 Å². The van der Waals surface area contributed by atoms with Gasteiger partial charge in [0.2, 0.25) is 0 Å². The second kappa shape index (κ2) is 12.3.